The molecule has 0 radical (unpaired) electrons. The van der Waals surface area contributed by atoms with Crippen molar-refractivity contribution in [2.75, 3.05) is 39.6 Å². The molecule has 0 bridgehead atoms. The lowest BCUT2D eigenvalue weighted by Crippen LogP contribution is -2.30. The zero-order valence-corrected chi connectivity index (χ0v) is 66.7. The van der Waals surface area contributed by atoms with Crippen molar-refractivity contribution >= 4 is 39.5 Å². The maximum absolute atomic E-state index is 13.1. The molecule has 0 rings (SSSR count). The Labute approximate surface area is 630 Å². The summed E-state index contributed by atoms with van der Waals surface area (Å²) in [5.41, 5.74) is 0. The van der Waals surface area contributed by atoms with Crippen molar-refractivity contribution in [3.8, 4) is 0 Å². The van der Waals surface area contributed by atoms with Gasteiger partial charge in [0.2, 0.25) is 0 Å². The molecular weight excluding hydrogens is 1350 g/mol. The Morgan fingerprint density at radius 2 is 0.519 bits per heavy atom. The van der Waals surface area contributed by atoms with Crippen molar-refractivity contribution in [3.63, 3.8) is 0 Å². The quantitative estimate of drug-likeness (QED) is 0.0169. The van der Waals surface area contributed by atoms with Gasteiger partial charge < -0.3 is 33.8 Å². The molecule has 0 aromatic heterocycles. The fourth-order valence-corrected chi connectivity index (χ4v) is 11.8. The standard InChI is InChI=1S/C85H142O17P2/c1-5-9-13-17-21-25-29-33-36-38-39-41-44-47-50-54-58-62-66-70-83(88)95-75-80(101-84(89)71-67-63-59-55-51-45-32-28-24-20-16-12-8-4)77-99-103(91,92)97-73-79(86)74-98-104(93,94)100-78-81(102-85(90)72-68-64-60-56-52-48-42-35-31-27-23-19-15-11-7-3)76-96-82(87)69-65-61-57-53-49-46-43-40-37-34-30-26-22-18-14-10-6-2/h9-10,13-14,16,20-22,25-26,28,32-37,39,41-43,46-47,50,79-81,86H,5-8,11-12,15,17-19,23-24,27,29-31,38,40,44-45,48-49,51-78H2,1-4H3,(H,91,92)(H,93,94)/b13-9-,14-10-,20-16-,25-21-,26-22-,32-28-,36-33-,37-34-,41-39-,42-35-,46-43-,50-47-. The average molecular weight is 1500 g/mol. The van der Waals surface area contributed by atoms with Gasteiger partial charge in [-0.3, -0.25) is 37.3 Å². The Bertz CT molecular complexity index is 2540. The number of unbranched alkanes of at least 4 members (excludes halogenated alkanes) is 24. The maximum Gasteiger partial charge on any atom is 0.472 e. The highest BCUT2D eigenvalue weighted by molar-refractivity contribution is 7.47. The molecule has 3 N–H and O–H groups in total. The molecule has 0 heterocycles. The molecule has 0 aliphatic rings. The third kappa shape index (κ3) is 75.2. The number of aliphatic hydroxyl groups excluding tert-OH is 1. The smallest absolute Gasteiger partial charge is 0.462 e. The molecule has 594 valence electrons. The highest BCUT2D eigenvalue weighted by Gasteiger charge is 2.30. The number of phosphoric ester groups is 2. The fraction of sp³-hybridized carbons (Fsp3) is 0.671. The van der Waals surface area contributed by atoms with E-state index in [0.717, 1.165) is 193 Å². The molecule has 0 saturated carbocycles. The van der Waals surface area contributed by atoms with Crippen LogP contribution >= 0.6 is 15.6 Å². The first kappa shape index (κ1) is 98.9. The first-order valence-electron chi connectivity index (χ1n) is 40.1. The molecule has 17 nitrogen and oxygen atoms in total. The SMILES string of the molecule is CC/C=C\C/C=C\C/C=C\C/C=C\C/C=C\CCCCCC(=O)OCC(COP(=O)(O)OCC(O)COP(=O)(O)OCC(COC(=O)CCCCCC/C=C\C/C=C\C/C=C\C/C=C\CC)OC(=O)CCCCCCC/C=C\CCCCCCCC)OC(=O)CCCCCCC/C=C\C/C=C\CCC. The van der Waals surface area contributed by atoms with E-state index in [1.807, 2.05) is 0 Å². The lowest BCUT2D eigenvalue weighted by Gasteiger charge is -2.21. The predicted molar refractivity (Wildman–Crippen MR) is 427 cm³/mol. The highest BCUT2D eigenvalue weighted by Crippen LogP contribution is 2.45. The third-order valence-electron chi connectivity index (χ3n) is 16.2. The molecule has 0 fully saturated rings. The van der Waals surface area contributed by atoms with E-state index in [1.54, 1.807) is 0 Å². The van der Waals surface area contributed by atoms with Crippen LogP contribution in [-0.2, 0) is 65.4 Å². The number of carbonyl (C=O) groups is 4. The molecule has 5 unspecified atom stereocenters. The van der Waals surface area contributed by atoms with Gasteiger partial charge in [0, 0.05) is 25.7 Å². The van der Waals surface area contributed by atoms with Crippen LogP contribution in [0.2, 0.25) is 0 Å². The van der Waals surface area contributed by atoms with E-state index in [9.17, 15) is 43.2 Å². The largest absolute Gasteiger partial charge is 0.472 e. The molecule has 0 aliphatic carbocycles. The minimum Gasteiger partial charge on any atom is -0.462 e. The summed E-state index contributed by atoms with van der Waals surface area (Å²) in [5.74, 6) is -2.27. The van der Waals surface area contributed by atoms with Gasteiger partial charge in [-0.15, -0.1) is 0 Å². The van der Waals surface area contributed by atoms with Crippen LogP contribution in [0.25, 0.3) is 0 Å². The average Bonchev–Trinajstić information content (AvgIpc) is 0.939. The predicted octanol–water partition coefficient (Wildman–Crippen LogP) is 23.4. The lowest BCUT2D eigenvalue weighted by atomic mass is 10.1. The number of carbonyl (C=O) groups excluding carboxylic acids is 4. The van der Waals surface area contributed by atoms with E-state index in [1.165, 1.54) is 38.5 Å². The van der Waals surface area contributed by atoms with E-state index in [-0.39, 0.29) is 25.7 Å². The molecule has 0 saturated heterocycles. The molecule has 0 aromatic carbocycles. The summed E-state index contributed by atoms with van der Waals surface area (Å²) >= 11 is 0. The summed E-state index contributed by atoms with van der Waals surface area (Å²) < 4.78 is 68.6. The molecular formula is C85H142O17P2. The summed E-state index contributed by atoms with van der Waals surface area (Å²) in [5, 5.41) is 10.6. The summed E-state index contributed by atoms with van der Waals surface area (Å²) in [6.07, 6.45) is 86.8. The minimum absolute atomic E-state index is 0.0664. The van der Waals surface area contributed by atoms with Gasteiger partial charge >= 0.3 is 39.5 Å². The molecule has 0 aromatic rings. The van der Waals surface area contributed by atoms with Crippen molar-refractivity contribution in [2.45, 2.75) is 329 Å². The van der Waals surface area contributed by atoms with E-state index >= 15 is 0 Å². The van der Waals surface area contributed by atoms with Gasteiger partial charge in [-0.05, 0) is 161 Å². The number of ether oxygens (including phenoxy) is 4. The number of hydrogen-bond acceptors (Lipinski definition) is 15. The fourth-order valence-electron chi connectivity index (χ4n) is 10.2. The van der Waals surface area contributed by atoms with Crippen LogP contribution in [0.3, 0.4) is 0 Å². The Hall–Kier alpha value is -5.06. The first-order chi connectivity index (χ1) is 50.7. The minimum atomic E-state index is -4.99. The number of esters is 4. The molecule has 0 spiro atoms. The number of rotatable bonds is 74. The van der Waals surface area contributed by atoms with Gasteiger partial charge in [0.15, 0.2) is 12.2 Å². The van der Waals surface area contributed by atoms with E-state index in [4.69, 9.17) is 37.0 Å². The van der Waals surface area contributed by atoms with Crippen LogP contribution in [0, 0.1) is 0 Å². The van der Waals surface area contributed by atoms with Crippen LogP contribution < -0.4 is 0 Å². The third-order valence-corrected chi connectivity index (χ3v) is 18.2. The summed E-state index contributed by atoms with van der Waals surface area (Å²) in [6, 6.07) is 0. The lowest BCUT2D eigenvalue weighted by molar-refractivity contribution is -0.161. The highest BCUT2D eigenvalue weighted by atomic mass is 31.2. The number of phosphoric acid groups is 2. The second kappa shape index (κ2) is 76.1. The Balaban J connectivity index is 5.42. The van der Waals surface area contributed by atoms with E-state index in [2.05, 4.69) is 174 Å². The van der Waals surface area contributed by atoms with Gasteiger partial charge in [0.05, 0.1) is 26.4 Å². The molecule has 0 amide bonds. The van der Waals surface area contributed by atoms with Crippen molar-refractivity contribution in [1.29, 1.82) is 0 Å². The normalized spacial score (nSPS) is 14.6. The zero-order valence-electron chi connectivity index (χ0n) is 64.9. The second-order valence-electron chi connectivity index (χ2n) is 26.2. The van der Waals surface area contributed by atoms with E-state index in [0.29, 0.717) is 25.7 Å². The Kier molecular flexibility index (Phi) is 72.4. The Morgan fingerprint density at radius 1 is 0.279 bits per heavy atom. The van der Waals surface area contributed by atoms with Crippen LogP contribution in [0.4, 0.5) is 0 Å². The van der Waals surface area contributed by atoms with Crippen molar-refractivity contribution in [3.05, 3.63) is 146 Å². The second-order valence-corrected chi connectivity index (χ2v) is 29.1. The van der Waals surface area contributed by atoms with Gasteiger partial charge in [-0.25, -0.2) is 9.13 Å². The van der Waals surface area contributed by atoms with Crippen molar-refractivity contribution in [2.24, 2.45) is 0 Å². The topological polar surface area (TPSA) is 237 Å². The number of aliphatic hydroxyl groups is 1. The zero-order chi connectivity index (χ0) is 76.0. The first-order valence-corrected chi connectivity index (χ1v) is 43.1. The van der Waals surface area contributed by atoms with E-state index < -0.39 is 97.5 Å². The maximum atomic E-state index is 13.1. The molecule has 19 heteroatoms. The van der Waals surface area contributed by atoms with Crippen LogP contribution in [0.5, 0.6) is 0 Å². The van der Waals surface area contributed by atoms with Gasteiger partial charge in [-0.1, -0.05) is 270 Å². The van der Waals surface area contributed by atoms with Crippen molar-refractivity contribution in [1.82, 2.24) is 0 Å². The van der Waals surface area contributed by atoms with Gasteiger partial charge in [0.1, 0.15) is 19.3 Å². The molecule has 104 heavy (non-hydrogen) atoms. The van der Waals surface area contributed by atoms with Crippen molar-refractivity contribution < 1.29 is 80.2 Å². The summed E-state index contributed by atoms with van der Waals surface area (Å²) in [7, 11) is -9.99. The van der Waals surface area contributed by atoms with Crippen LogP contribution in [0.1, 0.15) is 310 Å². The summed E-state index contributed by atoms with van der Waals surface area (Å²) in [4.78, 5) is 73.0. The van der Waals surface area contributed by atoms with Crippen LogP contribution in [0.15, 0.2) is 146 Å². The molecule has 5 atom stereocenters. The van der Waals surface area contributed by atoms with Gasteiger partial charge in [0.25, 0.3) is 0 Å². The molecule has 0 aliphatic heterocycles. The number of allylic oxidation sites excluding steroid dienone is 24. The summed E-state index contributed by atoms with van der Waals surface area (Å²) in [6.45, 7) is 4.49. The Morgan fingerprint density at radius 3 is 0.827 bits per heavy atom. The monoisotopic (exact) mass is 1500 g/mol. The van der Waals surface area contributed by atoms with Gasteiger partial charge in [-0.2, -0.15) is 0 Å². The van der Waals surface area contributed by atoms with Crippen LogP contribution in [-0.4, -0.2) is 96.7 Å². The number of hydrogen-bond donors (Lipinski definition) is 3.